The molecule has 0 saturated carbocycles. The number of rotatable bonds is 3. The van der Waals surface area contributed by atoms with Crippen LogP contribution in [0.4, 0.5) is 0 Å². The Hall–Kier alpha value is -0.570. The maximum atomic E-state index is 10.8. The van der Waals surface area contributed by atoms with Gasteiger partial charge in [-0.1, -0.05) is 20.8 Å². The summed E-state index contributed by atoms with van der Waals surface area (Å²) >= 11 is 0. The second-order valence-corrected chi connectivity index (χ2v) is 4.01. The lowest BCUT2D eigenvalue weighted by atomic mass is 9.88. The van der Waals surface area contributed by atoms with Gasteiger partial charge in [-0.2, -0.15) is 0 Å². The molecule has 0 aromatic rings. The third kappa shape index (κ3) is 4.79. The lowest BCUT2D eigenvalue weighted by Crippen LogP contribution is -2.41. The van der Waals surface area contributed by atoms with Crippen LogP contribution in [0.3, 0.4) is 0 Å². The van der Waals surface area contributed by atoms with E-state index in [0.717, 1.165) is 6.42 Å². The van der Waals surface area contributed by atoms with Crippen molar-refractivity contribution >= 4 is 5.91 Å². The molecule has 66 valence electrons. The van der Waals surface area contributed by atoms with E-state index >= 15 is 0 Å². The Labute approximate surface area is 68.3 Å². The van der Waals surface area contributed by atoms with Gasteiger partial charge in [0.15, 0.2) is 0 Å². The molecule has 0 rings (SSSR count). The highest BCUT2D eigenvalue weighted by Crippen LogP contribution is 2.20. The van der Waals surface area contributed by atoms with Crippen LogP contribution in [0.15, 0.2) is 0 Å². The summed E-state index contributed by atoms with van der Waals surface area (Å²) in [6, 6.07) is -0.199. The number of likely N-dealkylation sites (N-methyl/N-ethyl adjacent to an activating group) is 1. The monoisotopic (exact) mass is 158 g/mol. The molecule has 3 heteroatoms. The Morgan fingerprint density at radius 3 is 2.09 bits per heavy atom. The third-order valence-corrected chi connectivity index (χ3v) is 1.51. The Kier molecular flexibility index (Phi) is 3.52. The van der Waals surface area contributed by atoms with E-state index in [1.54, 1.807) is 7.05 Å². The van der Waals surface area contributed by atoms with Crippen molar-refractivity contribution in [1.29, 1.82) is 0 Å². The lowest BCUT2D eigenvalue weighted by molar-refractivity contribution is -0.120. The molecule has 0 radical (unpaired) electrons. The second kappa shape index (κ2) is 3.72. The first kappa shape index (κ1) is 10.4. The molecule has 0 aromatic heterocycles. The van der Waals surface area contributed by atoms with E-state index in [1.165, 1.54) is 0 Å². The predicted molar refractivity (Wildman–Crippen MR) is 46.1 cm³/mol. The maximum Gasteiger partial charge on any atom is 0.234 e. The van der Waals surface area contributed by atoms with Crippen LogP contribution in [0, 0.1) is 5.41 Å². The SMILES string of the molecule is CNC(CC(C)(C)C)C(N)=O. The first-order valence-corrected chi connectivity index (χ1v) is 3.83. The molecular weight excluding hydrogens is 140 g/mol. The molecule has 0 aliphatic heterocycles. The summed E-state index contributed by atoms with van der Waals surface area (Å²) in [4.78, 5) is 10.8. The minimum absolute atomic E-state index is 0.142. The number of nitrogens with two attached hydrogens (primary N) is 1. The lowest BCUT2D eigenvalue weighted by Gasteiger charge is -2.23. The minimum atomic E-state index is -0.276. The molecule has 3 N–H and O–H groups in total. The fourth-order valence-corrected chi connectivity index (χ4v) is 0.957. The first-order valence-electron chi connectivity index (χ1n) is 3.83. The summed E-state index contributed by atoms with van der Waals surface area (Å²) in [6.45, 7) is 6.25. The van der Waals surface area contributed by atoms with Crippen LogP contribution >= 0.6 is 0 Å². The van der Waals surface area contributed by atoms with Gasteiger partial charge in [-0.05, 0) is 18.9 Å². The zero-order valence-corrected chi connectivity index (χ0v) is 7.77. The van der Waals surface area contributed by atoms with Gasteiger partial charge in [-0.3, -0.25) is 4.79 Å². The van der Waals surface area contributed by atoms with E-state index in [2.05, 4.69) is 26.1 Å². The van der Waals surface area contributed by atoms with Crippen molar-refractivity contribution in [3.8, 4) is 0 Å². The molecule has 11 heavy (non-hydrogen) atoms. The number of amides is 1. The standard InChI is InChI=1S/C8H18N2O/c1-8(2,3)5-6(10-4)7(9)11/h6,10H,5H2,1-4H3,(H2,9,11). The molecular formula is C8H18N2O. The van der Waals surface area contributed by atoms with Crippen molar-refractivity contribution in [3.63, 3.8) is 0 Å². The highest BCUT2D eigenvalue weighted by molar-refractivity contribution is 5.79. The van der Waals surface area contributed by atoms with Gasteiger partial charge in [0, 0.05) is 0 Å². The van der Waals surface area contributed by atoms with Gasteiger partial charge in [0.1, 0.15) is 0 Å². The van der Waals surface area contributed by atoms with Crippen molar-refractivity contribution in [2.24, 2.45) is 11.1 Å². The van der Waals surface area contributed by atoms with Crippen molar-refractivity contribution in [2.75, 3.05) is 7.05 Å². The smallest absolute Gasteiger partial charge is 0.234 e. The summed E-state index contributed by atoms with van der Waals surface area (Å²) in [5, 5.41) is 2.88. The normalized spacial score (nSPS) is 14.5. The summed E-state index contributed by atoms with van der Waals surface area (Å²) in [6.07, 6.45) is 0.777. The van der Waals surface area contributed by atoms with Gasteiger partial charge in [0.25, 0.3) is 0 Å². The zero-order valence-electron chi connectivity index (χ0n) is 7.77. The highest BCUT2D eigenvalue weighted by atomic mass is 16.1. The molecule has 0 heterocycles. The number of carbonyl (C=O) groups excluding carboxylic acids is 1. The topological polar surface area (TPSA) is 55.1 Å². The number of hydrogen-bond acceptors (Lipinski definition) is 2. The number of nitrogens with one attached hydrogen (secondary N) is 1. The van der Waals surface area contributed by atoms with Crippen molar-refractivity contribution < 1.29 is 4.79 Å². The predicted octanol–water partition coefficient (Wildman–Crippen LogP) is 0.496. The van der Waals surface area contributed by atoms with Crippen LogP contribution in [0.2, 0.25) is 0 Å². The van der Waals surface area contributed by atoms with Gasteiger partial charge in [-0.15, -0.1) is 0 Å². The third-order valence-electron chi connectivity index (χ3n) is 1.51. The van der Waals surface area contributed by atoms with Crippen molar-refractivity contribution in [3.05, 3.63) is 0 Å². The van der Waals surface area contributed by atoms with Crippen LogP contribution in [-0.2, 0) is 4.79 Å². The van der Waals surface area contributed by atoms with E-state index in [-0.39, 0.29) is 17.4 Å². The molecule has 3 nitrogen and oxygen atoms in total. The Balaban J connectivity index is 3.99. The van der Waals surface area contributed by atoms with Gasteiger partial charge in [0.05, 0.1) is 6.04 Å². The van der Waals surface area contributed by atoms with Gasteiger partial charge in [-0.25, -0.2) is 0 Å². The van der Waals surface area contributed by atoms with Gasteiger partial charge in [0.2, 0.25) is 5.91 Å². The summed E-state index contributed by atoms with van der Waals surface area (Å²) < 4.78 is 0. The van der Waals surface area contributed by atoms with E-state index in [9.17, 15) is 4.79 Å². The Morgan fingerprint density at radius 2 is 2.00 bits per heavy atom. The quantitative estimate of drug-likeness (QED) is 0.628. The van der Waals surface area contributed by atoms with Gasteiger partial charge >= 0.3 is 0 Å². The van der Waals surface area contributed by atoms with E-state index in [4.69, 9.17) is 5.73 Å². The maximum absolute atomic E-state index is 10.8. The van der Waals surface area contributed by atoms with Crippen LogP contribution in [0.5, 0.6) is 0 Å². The van der Waals surface area contributed by atoms with Gasteiger partial charge < -0.3 is 11.1 Å². The second-order valence-electron chi connectivity index (χ2n) is 4.01. The van der Waals surface area contributed by atoms with Crippen LogP contribution < -0.4 is 11.1 Å². The van der Waals surface area contributed by atoms with E-state index < -0.39 is 0 Å². The number of carbonyl (C=O) groups is 1. The van der Waals surface area contributed by atoms with Crippen molar-refractivity contribution in [1.82, 2.24) is 5.32 Å². The van der Waals surface area contributed by atoms with Crippen LogP contribution in [-0.4, -0.2) is 19.0 Å². The number of primary amides is 1. The first-order chi connectivity index (χ1) is 4.87. The Bertz CT molecular complexity index is 138. The molecule has 0 spiro atoms. The largest absolute Gasteiger partial charge is 0.368 e. The Morgan fingerprint density at radius 1 is 1.55 bits per heavy atom. The molecule has 0 saturated heterocycles. The summed E-state index contributed by atoms with van der Waals surface area (Å²) in [5.74, 6) is -0.276. The molecule has 0 fully saturated rings. The van der Waals surface area contributed by atoms with Crippen LogP contribution in [0.25, 0.3) is 0 Å². The molecule has 0 bridgehead atoms. The van der Waals surface area contributed by atoms with Crippen molar-refractivity contribution in [2.45, 2.75) is 33.2 Å². The summed E-state index contributed by atoms with van der Waals surface area (Å²) in [7, 11) is 1.75. The fraction of sp³-hybridized carbons (Fsp3) is 0.875. The zero-order chi connectivity index (χ0) is 9.07. The van der Waals surface area contributed by atoms with E-state index in [0.29, 0.717) is 0 Å². The molecule has 1 unspecified atom stereocenters. The molecule has 0 aromatic carbocycles. The average Bonchev–Trinajstić information content (AvgIpc) is 1.80. The average molecular weight is 158 g/mol. The number of hydrogen-bond donors (Lipinski definition) is 2. The fourth-order valence-electron chi connectivity index (χ4n) is 0.957. The van der Waals surface area contributed by atoms with E-state index in [1.807, 2.05) is 0 Å². The molecule has 0 aliphatic carbocycles. The molecule has 1 atom stereocenters. The minimum Gasteiger partial charge on any atom is -0.368 e. The van der Waals surface area contributed by atoms with Crippen LogP contribution in [0.1, 0.15) is 27.2 Å². The summed E-state index contributed by atoms with van der Waals surface area (Å²) in [5.41, 5.74) is 5.29. The molecule has 0 aliphatic rings. The highest BCUT2D eigenvalue weighted by Gasteiger charge is 2.20. The molecule has 1 amide bonds.